The molecule has 1 nitrogen and oxygen atoms in total. The summed E-state index contributed by atoms with van der Waals surface area (Å²) in [6.07, 6.45) is 1.000. The van der Waals surface area contributed by atoms with Gasteiger partial charge in [0.2, 0.25) is 0 Å². The molecule has 5 heteroatoms. The van der Waals surface area contributed by atoms with Gasteiger partial charge in [0.15, 0.2) is 0 Å². The van der Waals surface area contributed by atoms with Gasteiger partial charge in [0.25, 0.3) is 0 Å². The van der Waals surface area contributed by atoms with E-state index in [0.29, 0.717) is 12.0 Å². The molecule has 0 spiro atoms. The fourth-order valence-electron chi connectivity index (χ4n) is 3.52. The van der Waals surface area contributed by atoms with Crippen molar-refractivity contribution in [3.8, 4) is 16.9 Å². The Morgan fingerprint density at radius 2 is 1.29 bits per heavy atom. The third-order valence-corrected chi connectivity index (χ3v) is 5.23. The largest absolute Gasteiger partial charge is 0.573 e. The second-order valence-corrected chi connectivity index (χ2v) is 7.66. The van der Waals surface area contributed by atoms with E-state index in [1.54, 1.807) is 18.2 Å². The molecule has 3 aromatic carbocycles. The summed E-state index contributed by atoms with van der Waals surface area (Å²) in [6.45, 7) is 2.15. The summed E-state index contributed by atoms with van der Waals surface area (Å²) in [4.78, 5) is 0. The average molecular weight is 430 g/mol. The van der Waals surface area contributed by atoms with E-state index in [-0.39, 0.29) is 11.6 Å². The predicted molar refractivity (Wildman–Crippen MR) is 116 cm³/mol. The molecule has 0 N–H and O–H groups in total. The van der Waals surface area contributed by atoms with Crippen molar-refractivity contribution >= 4 is 0 Å². The Labute approximate surface area is 180 Å². The topological polar surface area (TPSA) is 9.23 Å². The highest BCUT2D eigenvalue weighted by Crippen LogP contribution is 2.26. The van der Waals surface area contributed by atoms with Crippen LogP contribution in [-0.2, 0) is 19.3 Å². The van der Waals surface area contributed by atoms with Gasteiger partial charge in [-0.25, -0.2) is 4.39 Å². The summed E-state index contributed by atoms with van der Waals surface area (Å²) < 4.78 is 55.1. The Morgan fingerprint density at radius 3 is 1.84 bits per heavy atom. The number of hydrogen-bond donors (Lipinski definition) is 0. The molecule has 0 bridgehead atoms. The molecule has 164 valence electrons. The summed E-state index contributed by atoms with van der Waals surface area (Å²) >= 11 is 0. The van der Waals surface area contributed by atoms with E-state index in [0.717, 1.165) is 54.4 Å². The predicted octanol–water partition coefficient (Wildman–Crippen LogP) is 7.91. The van der Waals surface area contributed by atoms with Crippen LogP contribution in [0.3, 0.4) is 0 Å². The van der Waals surface area contributed by atoms with Crippen molar-refractivity contribution in [2.45, 2.75) is 51.8 Å². The van der Waals surface area contributed by atoms with Crippen molar-refractivity contribution in [2.24, 2.45) is 0 Å². The van der Waals surface area contributed by atoms with Crippen LogP contribution in [0.2, 0.25) is 0 Å². The van der Waals surface area contributed by atoms with E-state index < -0.39 is 6.36 Å². The molecule has 31 heavy (non-hydrogen) atoms. The van der Waals surface area contributed by atoms with Crippen LogP contribution in [0.5, 0.6) is 5.75 Å². The first-order valence-electron chi connectivity index (χ1n) is 10.6. The van der Waals surface area contributed by atoms with Gasteiger partial charge < -0.3 is 4.74 Å². The van der Waals surface area contributed by atoms with Crippen LogP contribution in [0, 0.1) is 5.82 Å². The van der Waals surface area contributed by atoms with Gasteiger partial charge in [-0.1, -0.05) is 68.3 Å². The first-order chi connectivity index (χ1) is 14.8. The van der Waals surface area contributed by atoms with Crippen LogP contribution in [0.4, 0.5) is 17.6 Å². The maximum atomic E-state index is 14.6. The lowest BCUT2D eigenvalue weighted by molar-refractivity contribution is -0.274. The molecule has 3 aromatic rings. The summed E-state index contributed by atoms with van der Waals surface area (Å²) in [5.41, 5.74) is 4.44. The maximum absolute atomic E-state index is 14.6. The molecule has 0 fully saturated rings. The SMILES string of the molecule is CCCCCc1ccc(-c2ccc(CCc3ccc(OC(F)(F)F)cc3)cc2)c(F)c1. The molecular weight excluding hydrogens is 404 g/mol. The quantitative estimate of drug-likeness (QED) is 0.248. The van der Waals surface area contributed by atoms with E-state index >= 15 is 0 Å². The van der Waals surface area contributed by atoms with E-state index in [9.17, 15) is 17.6 Å². The zero-order valence-corrected chi connectivity index (χ0v) is 17.5. The van der Waals surface area contributed by atoms with Crippen LogP contribution < -0.4 is 4.74 Å². The minimum atomic E-state index is -4.68. The van der Waals surface area contributed by atoms with Crippen molar-refractivity contribution < 1.29 is 22.3 Å². The third-order valence-electron chi connectivity index (χ3n) is 5.23. The zero-order valence-electron chi connectivity index (χ0n) is 17.5. The van der Waals surface area contributed by atoms with Gasteiger partial charge in [0.1, 0.15) is 11.6 Å². The number of benzene rings is 3. The number of unbranched alkanes of at least 4 members (excludes halogenated alkanes) is 2. The van der Waals surface area contributed by atoms with Gasteiger partial charge in [-0.05, 0) is 66.1 Å². The summed E-state index contributed by atoms with van der Waals surface area (Å²) in [6, 6.07) is 19.1. The Hall–Kier alpha value is -2.82. The molecule has 0 atom stereocenters. The Bertz CT molecular complexity index is 960. The third kappa shape index (κ3) is 7.12. The van der Waals surface area contributed by atoms with Gasteiger partial charge in [-0.15, -0.1) is 13.2 Å². The van der Waals surface area contributed by atoms with E-state index in [2.05, 4.69) is 11.7 Å². The molecule has 0 radical (unpaired) electrons. The molecule has 0 amide bonds. The molecule has 0 unspecified atom stereocenters. The van der Waals surface area contributed by atoms with Gasteiger partial charge in [0.05, 0.1) is 0 Å². The molecule has 0 aliphatic heterocycles. The average Bonchev–Trinajstić information content (AvgIpc) is 2.73. The second kappa shape index (κ2) is 10.5. The smallest absolute Gasteiger partial charge is 0.406 e. The zero-order chi connectivity index (χ0) is 22.3. The van der Waals surface area contributed by atoms with Crippen molar-refractivity contribution in [3.05, 3.63) is 89.2 Å². The highest BCUT2D eigenvalue weighted by molar-refractivity contribution is 5.64. The number of alkyl halides is 3. The molecular formula is C26H26F4O. The summed E-state index contributed by atoms with van der Waals surface area (Å²) in [7, 11) is 0. The first kappa shape index (κ1) is 22.9. The monoisotopic (exact) mass is 430 g/mol. The van der Waals surface area contributed by atoms with Crippen molar-refractivity contribution in [3.63, 3.8) is 0 Å². The molecule has 0 aliphatic carbocycles. The van der Waals surface area contributed by atoms with Crippen LogP contribution in [0.1, 0.15) is 42.9 Å². The molecule has 0 saturated heterocycles. The minimum Gasteiger partial charge on any atom is -0.406 e. The molecule has 0 aliphatic rings. The molecule has 0 heterocycles. The van der Waals surface area contributed by atoms with E-state index in [1.807, 2.05) is 36.4 Å². The van der Waals surface area contributed by atoms with Crippen LogP contribution in [0.25, 0.3) is 11.1 Å². The van der Waals surface area contributed by atoms with Gasteiger partial charge in [-0.3, -0.25) is 0 Å². The highest BCUT2D eigenvalue weighted by atomic mass is 19.4. The van der Waals surface area contributed by atoms with Gasteiger partial charge >= 0.3 is 6.36 Å². The Morgan fingerprint density at radius 1 is 0.710 bits per heavy atom. The highest BCUT2D eigenvalue weighted by Gasteiger charge is 2.30. The molecule has 0 saturated carbocycles. The molecule has 0 aromatic heterocycles. The summed E-state index contributed by atoms with van der Waals surface area (Å²) in [5.74, 6) is -0.429. The number of halogens is 4. The van der Waals surface area contributed by atoms with Crippen molar-refractivity contribution in [2.75, 3.05) is 0 Å². The Kier molecular flexibility index (Phi) is 7.72. The van der Waals surface area contributed by atoms with Crippen molar-refractivity contribution in [1.82, 2.24) is 0 Å². The van der Waals surface area contributed by atoms with Crippen molar-refractivity contribution in [1.29, 1.82) is 0 Å². The normalized spacial score (nSPS) is 11.5. The van der Waals surface area contributed by atoms with Crippen LogP contribution in [0.15, 0.2) is 66.7 Å². The number of ether oxygens (including phenoxy) is 1. The lowest BCUT2D eigenvalue weighted by Gasteiger charge is -2.10. The number of rotatable bonds is 9. The molecule has 3 rings (SSSR count). The number of hydrogen-bond acceptors (Lipinski definition) is 1. The second-order valence-electron chi connectivity index (χ2n) is 7.66. The lowest BCUT2D eigenvalue weighted by atomic mass is 9.98. The van der Waals surface area contributed by atoms with Crippen LogP contribution in [-0.4, -0.2) is 6.36 Å². The number of aryl methyl sites for hydroxylation is 3. The first-order valence-corrected chi connectivity index (χ1v) is 10.6. The summed E-state index contributed by atoms with van der Waals surface area (Å²) in [5, 5.41) is 0. The van der Waals surface area contributed by atoms with Gasteiger partial charge in [-0.2, -0.15) is 0 Å². The van der Waals surface area contributed by atoms with Gasteiger partial charge in [0, 0.05) is 5.56 Å². The van der Waals surface area contributed by atoms with Crippen LogP contribution >= 0.6 is 0 Å². The van der Waals surface area contributed by atoms with E-state index in [1.165, 1.54) is 12.1 Å². The fourth-order valence-corrected chi connectivity index (χ4v) is 3.52. The standard InChI is InChI=1S/C26H26F4O/c1-2-3-4-5-21-12-17-24(25(27)18-21)22-13-8-19(9-14-22)6-7-20-10-15-23(16-11-20)31-26(28,29)30/h8-18H,2-7H2,1H3. The minimum absolute atomic E-state index is 0.206. The Balaban J connectivity index is 1.58. The lowest BCUT2D eigenvalue weighted by Crippen LogP contribution is -2.17. The fraction of sp³-hybridized carbons (Fsp3) is 0.308. The maximum Gasteiger partial charge on any atom is 0.573 e. The van der Waals surface area contributed by atoms with E-state index in [4.69, 9.17) is 0 Å².